The molecule has 0 aliphatic carbocycles. The van der Waals surface area contributed by atoms with E-state index in [1.807, 2.05) is 31.2 Å². The Morgan fingerprint density at radius 2 is 1.55 bits per heavy atom. The van der Waals surface area contributed by atoms with Crippen molar-refractivity contribution in [3.8, 4) is 11.3 Å². The molecule has 2 heterocycles. The average molecular weight is 393 g/mol. The minimum atomic E-state index is -0.439. The number of benzene rings is 2. The van der Waals surface area contributed by atoms with Crippen LogP contribution in [0.3, 0.4) is 0 Å². The Hall–Kier alpha value is -3.48. The van der Waals surface area contributed by atoms with E-state index in [4.69, 9.17) is 4.52 Å². The van der Waals surface area contributed by atoms with Gasteiger partial charge in [0.05, 0.1) is 5.56 Å². The number of aromatic nitrogens is 1. The second-order valence-corrected chi connectivity index (χ2v) is 7.01. The summed E-state index contributed by atoms with van der Waals surface area (Å²) in [5.41, 5.74) is 2.12. The lowest BCUT2D eigenvalue weighted by Gasteiger charge is -2.34. The second-order valence-electron chi connectivity index (χ2n) is 7.01. The van der Waals surface area contributed by atoms with Crippen molar-refractivity contribution in [3.05, 3.63) is 77.2 Å². The zero-order valence-electron chi connectivity index (χ0n) is 16.0. The summed E-state index contributed by atoms with van der Waals surface area (Å²) < 4.78 is 19.1. The number of halogens is 1. The van der Waals surface area contributed by atoms with Gasteiger partial charge in [-0.1, -0.05) is 35.0 Å². The van der Waals surface area contributed by atoms with Gasteiger partial charge in [0, 0.05) is 37.8 Å². The number of hydrogen-bond donors (Lipinski definition) is 0. The van der Waals surface area contributed by atoms with Gasteiger partial charge >= 0.3 is 0 Å². The third-order valence-electron chi connectivity index (χ3n) is 5.02. The van der Waals surface area contributed by atoms with Crippen LogP contribution in [0.15, 0.2) is 59.1 Å². The Bertz CT molecular complexity index is 1040. The van der Waals surface area contributed by atoms with Crippen molar-refractivity contribution >= 4 is 11.8 Å². The standard InChI is InChI=1S/C22H20FN3O3/c1-15-6-8-16(9-7-15)21(27)25-10-12-26(13-11-25)22(28)19-14-20(29-24-19)17-4-2-3-5-18(17)23/h2-9,14H,10-13H2,1H3. The molecule has 2 aromatic carbocycles. The topological polar surface area (TPSA) is 66.7 Å². The lowest BCUT2D eigenvalue weighted by molar-refractivity contribution is 0.0530. The molecule has 6 nitrogen and oxygen atoms in total. The first-order valence-electron chi connectivity index (χ1n) is 9.40. The fraction of sp³-hybridized carbons (Fsp3) is 0.227. The van der Waals surface area contributed by atoms with Gasteiger partial charge in [0.15, 0.2) is 11.5 Å². The van der Waals surface area contributed by atoms with E-state index in [2.05, 4.69) is 5.16 Å². The first-order valence-corrected chi connectivity index (χ1v) is 9.40. The summed E-state index contributed by atoms with van der Waals surface area (Å²) in [6.07, 6.45) is 0. The molecule has 0 radical (unpaired) electrons. The number of hydrogen-bond acceptors (Lipinski definition) is 4. The third kappa shape index (κ3) is 3.89. The molecule has 1 saturated heterocycles. The van der Waals surface area contributed by atoms with Gasteiger partial charge in [0.1, 0.15) is 5.82 Å². The molecule has 148 valence electrons. The Balaban J connectivity index is 1.40. The molecular weight excluding hydrogens is 373 g/mol. The van der Waals surface area contributed by atoms with E-state index in [0.29, 0.717) is 31.7 Å². The molecule has 0 N–H and O–H groups in total. The molecule has 0 atom stereocenters. The molecule has 0 unspecified atom stereocenters. The Morgan fingerprint density at radius 3 is 2.21 bits per heavy atom. The zero-order valence-corrected chi connectivity index (χ0v) is 16.0. The second kappa shape index (κ2) is 7.87. The van der Waals surface area contributed by atoms with Gasteiger partial charge in [-0.25, -0.2) is 4.39 Å². The zero-order chi connectivity index (χ0) is 20.4. The van der Waals surface area contributed by atoms with E-state index in [9.17, 15) is 14.0 Å². The summed E-state index contributed by atoms with van der Waals surface area (Å²) in [5, 5.41) is 3.81. The summed E-state index contributed by atoms with van der Waals surface area (Å²) in [7, 11) is 0. The van der Waals surface area contributed by atoms with E-state index >= 15 is 0 Å². The van der Waals surface area contributed by atoms with Crippen LogP contribution in [0.2, 0.25) is 0 Å². The summed E-state index contributed by atoms with van der Waals surface area (Å²) in [5.74, 6) is -0.565. The number of piperazine rings is 1. The van der Waals surface area contributed by atoms with Crippen LogP contribution < -0.4 is 0 Å². The third-order valence-corrected chi connectivity index (χ3v) is 5.02. The smallest absolute Gasteiger partial charge is 0.276 e. The number of nitrogens with zero attached hydrogens (tertiary/aromatic N) is 3. The van der Waals surface area contributed by atoms with Crippen molar-refractivity contribution in [1.82, 2.24) is 15.0 Å². The van der Waals surface area contributed by atoms with Gasteiger partial charge in [-0.15, -0.1) is 0 Å². The van der Waals surface area contributed by atoms with Gasteiger partial charge in [-0.2, -0.15) is 0 Å². The Labute approximate surface area is 167 Å². The van der Waals surface area contributed by atoms with Crippen LogP contribution in [0.5, 0.6) is 0 Å². The van der Waals surface area contributed by atoms with Gasteiger partial charge in [0.25, 0.3) is 11.8 Å². The lowest BCUT2D eigenvalue weighted by atomic mass is 10.1. The van der Waals surface area contributed by atoms with Crippen molar-refractivity contribution in [2.45, 2.75) is 6.92 Å². The highest BCUT2D eigenvalue weighted by atomic mass is 19.1. The number of aryl methyl sites for hydroxylation is 1. The molecule has 1 aromatic heterocycles. The van der Waals surface area contributed by atoms with Crippen molar-refractivity contribution in [3.63, 3.8) is 0 Å². The molecule has 29 heavy (non-hydrogen) atoms. The van der Waals surface area contributed by atoms with Gasteiger partial charge < -0.3 is 14.3 Å². The molecule has 2 amide bonds. The first kappa shape index (κ1) is 18.9. The highest BCUT2D eigenvalue weighted by Crippen LogP contribution is 2.24. The summed E-state index contributed by atoms with van der Waals surface area (Å²) in [6.45, 7) is 3.66. The number of amides is 2. The van der Waals surface area contributed by atoms with Crippen LogP contribution in [-0.4, -0.2) is 52.9 Å². The quantitative estimate of drug-likeness (QED) is 0.684. The molecule has 1 fully saturated rings. The highest BCUT2D eigenvalue weighted by molar-refractivity contribution is 5.95. The van der Waals surface area contributed by atoms with Crippen LogP contribution in [-0.2, 0) is 0 Å². The van der Waals surface area contributed by atoms with Crippen molar-refractivity contribution in [2.24, 2.45) is 0 Å². The van der Waals surface area contributed by atoms with Crippen LogP contribution in [0.25, 0.3) is 11.3 Å². The largest absolute Gasteiger partial charge is 0.355 e. The maximum absolute atomic E-state index is 13.9. The summed E-state index contributed by atoms with van der Waals surface area (Å²) in [4.78, 5) is 28.7. The molecular formula is C22H20FN3O3. The number of carbonyl (C=O) groups is 2. The van der Waals surface area contributed by atoms with Gasteiger partial charge in [-0.05, 0) is 31.2 Å². The molecule has 1 aliphatic rings. The Kier molecular flexibility index (Phi) is 5.12. The SMILES string of the molecule is Cc1ccc(C(=O)N2CCN(C(=O)c3cc(-c4ccccc4F)on3)CC2)cc1. The van der Waals surface area contributed by atoms with Crippen LogP contribution >= 0.6 is 0 Å². The molecule has 3 aromatic rings. The van der Waals surface area contributed by atoms with Crippen molar-refractivity contribution in [2.75, 3.05) is 26.2 Å². The molecule has 0 saturated carbocycles. The van der Waals surface area contributed by atoms with E-state index in [0.717, 1.165) is 5.56 Å². The summed E-state index contributed by atoms with van der Waals surface area (Å²) >= 11 is 0. The maximum Gasteiger partial charge on any atom is 0.276 e. The monoisotopic (exact) mass is 393 g/mol. The van der Waals surface area contributed by atoms with Crippen molar-refractivity contribution < 1.29 is 18.5 Å². The minimum absolute atomic E-state index is 0.0413. The van der Waals surface area contributed by atoms with E-state index < -0.39 is 5.82 Å². The first-order chi connectivity index (χ1) is 14.0. The average Bonchev–Trinajstić information content (AvgIpc) is 3.24. The highest BCUT2D eigenvalue weighted by Gasteiger charge is 2.27. The van der Waals surface area contributed by atoms with Crippen LogP contribution in [0.4, 0.5) is 4.39 Å². The van der Waals surface area contributed by atoms with Crippen LogP contribution in [0, 0.1) is 12.7 Å². The number of rotatable bonds is 3. The van der Waals surface area contributed by atoms with E-state index in [1.54, 1.807) is 28.0 Å². The number of carbonyl (C=O) groups excluding carboxylic acids is 2. The predicted octanol–water partition coefficient (Wildman–Crippen LogP) is 3.39. The van der Waals surface area contributed by atoms with Crippen LogP contribution in [0.1, 0.15) is 26.4 Å². The predicted molar refractivity (Wildman–Crippen MR) is 105 cm³/mol. The lowest BCUT2D eigenvalue weighted by Crippen LogP contribution is -2.50. The molecule has 7 heteroatoms. The van der Waals surface area contributed by atoms with E-state index in [-0.39, 0.29) is 28.8 Å². The molecule has 0 bridgehead atoms. The van der Waals surface area contributed by atoms with Gasteiger partial charge in [0.2, 0.25) is 0 Å². The van der Waals surface area contributed by atoms with Crippen molar-refractivity contribution in [1.29, 1.82) is 0 Å². The molecule has 4 rings (SSSR count). The normalized spacial score (nSPS) is 14.1. The van der Waals surface area contributed by atoms with E-state index in [1.165, 1.54) is 12.1 Å². The fourth-order valence-corrected chi connectivity index (χ4v) is 3.32. The fourth-order valence-electron chi connectivity index (χ4n) is 3.32. The molecule has 0 spiro atoms. The summed E-state index contributed by atoms with van der Waals surface area (Å²) in [6, 6.07) is 15.1. The minimum Gasteiger partial charge on any atom is -0.355 e. The maximum atomic E-state index is 13.9. The molecule has 1 aliphatic heterocycles. The Morgan fingerprint density at radius 1 is 0.931 bits per heavy atom. The van der Waals surface area contributed by atoms with Gasteiger partial charge in [-0.3, -0.25) is 9.59 Å².